The van der Waals surface area contributed by atoms with E-state index in [0.29, 0.717) is 18.7 Å². The molecule has 0 unspecified atom stereocenters. The fourth-order valence-electron chi connectivity index (χ4n) is 2.25. The van der Waals surface area contributed by atoms with Crippen LogP contribution in [0.25, 0.3) is 0 Å². The van der Waals surface area contributed by atoms with Crippen molar-refractivity contribution >= 4 is 17.7 Å². The van der Waals surface area contributed by atoms with Crippen LogP contribution in [0, 0.1) is 0 Å². The highest BCUT2D eigenvalue weighted by Gasteiger charge is 2.22. The highest BCUT2D eigenvalue weighted by atomic mass is 16.5. The van der Waals surface area contributed by atoms with Gasteiger partial charge in [-0.2, -0.15) is 5.10 Å². The van der Waals surface area contributed by atoms with Crippen LogP contribution in [0.1, 0.15) is 32.6 Å². The third-order valence-corrected chi connectivity index (χ3v) is 3.22. The predicted molar refractivity (Wildman–Crippen MR) is 71.3 cm³/mol. The van der Waals surface area contributed by atoms with Crippen LogP contribution in [0.2, 0.25) is 0 Å². The Labute approximate surface area is 116 Å². The van der Waals surface area contributed by atoms with E-state index < -0.39 is 5.97 Å². The first-order valence-electron chi connectivity index (χ1n) is 6.73. The van der Waals surface area contributed by atoms with Crippen molar-refractivity contribution in [3.63, 3.8) is 0 Å². The van der Waals surface area contributed by atoms with Crippen LogP contribution < -0.4 is 5.32 Å². The molecule has 0 aromatic carbocycles. The highest BCUT2D eigenvalue weighted by Crippen LogP contribution is 2.22. The third kappa shape index (κ3) is 4.34. The Morgan fingerprint density at radius 3 is 3.00 bits per heavy atom. The molecule has 0 aliphatic carbocycles. The number of carboxylic acid groups (broad SMARTS) is 1. The van der Waals surface area contributed by atoms with Crippen molar-refractivity contribution in [1.82, 2.24) is 9.78 Å². The van der Waals surface area contributed by atoms with Crippen molar-refractivity contribution < 1.29 is 19.4 Å². The molecule has 0 saturated carbocycles. The fraction of sp³-hybridized carbons (Fsp3) is 0.615. The molecule has 7 heteroatoms. The highest BCUT2D eigenvalue weighted by molar-refractivity contribution is 5.89. The van der Waals surface area contributed by atoms with E-state index >= 15 is 0 Å². The van der Waals surface area contributed by atoms with E-state index in [1.165, 1.54) is 10.9 Å². The molecule has 1 aromatic heterocycles. The number of rotatable bonds is 6. The van der Waals surface area contributed by atoms with E-state index in [2.05, 4.69) is 10.4 Å². The number of ether oxygens (including phenoxy) is 1. The zero-order valence-electron chi connectivity index (χ0n) is 11.4. The normalized spacial score (nSPS) is 21.9. The predicted octanol–water partition coefficient (Wildman–Crippen LogP) is 1.25. The van der Waals surface area contributed by atoms with Gasteiger partial charge in [-0.05, 0) is 26.2 Å². The molecule has 1 aliphatic rings. The maximum atomic E-state index is 11.7. The first-order valence-corrected chi connectivity index (χ1v) is 6.73. The molecule has 2 atom stereocenters. The quantitative estimate of drug-likeness (QED) is 0.818. The number of aliphatic carboxylic acids is 1. The smallest absolute Gasteiger partial charge is 0.325 e. The molecule has 2 rings (SSSR count). The minimum Gasteiger partial charge on any atom is -0.480 e. The van der Waals surface area contributed by atoms with Gasteiger partial charge in [-0.1, -0.05) is 0 Å². The molecule has 0 radical (unpaired) electrons. The van der Waals surface area contributed by atoms with Crippen LogP contribution in [0.5, 0.6) is 0 Å². The number of carbonyl (C=O) groups excluding carboxylic acids is 1. The summed E-state index contributed by atoms with van der Waals surface area (Å²) in [5.41, 5.74) is 0. The molecule has 1 amide bonds. The van der Waals surface area contributed by atoms with Crippen LogP contribution in [0.3, 0.4) is 0 Å². The summed E-state index contributed by atoms with van der Waals surface area (Å²) in [5, 5.41) is 15.2. The molecule has 1 fully saturated rings. The second kappa shape index (κ2) is 6.51. The van der Waals surface area contributed by atoms with Gasteiger partial charge in [-0.3, -0.25) is 14.3 Å². The van der Waals surface area contributed by atoms with Gasteiger partial charge in [0.25, 0.3) is 0 Å². The number of nitrogens with one attached hydrogen (secondary N) is 1. The summed E-state index contributed by atoms with van der Waals surface area (Å²) in [7, 11) is 0. The van der Waals surface area contributed by atoms with Crippen LogP contribution in [-0.2, 0) is 20.9 Å². The maximum absolute atomic E-state index is 11.7. The minimum atomic E-state index is -0.974. The average Bonchev–Trinajstić information content (AvgIpc) is 2.95. The largest absolute Gasteiger partial charge is 0.480 e. The number of aromatic nitrogens is 2. The van der Waals surface area contributed by atoms with Crippen molar-refractivity contribution in [2.75, 3.05) is 5.32 Å². The molecule has 0 spiro atoms. The number of nitrogens with zero attached hydrogens (tertiary/aromatic N) is 2. The molecule has 1 saturated heterocycles. The summed E-state index contributed by atoms with van der Waals surface area (Å²) >= 11 is 0. The van der Waals surface area contributed by atoms with Gasteiger partial charge >= 0.3 is 5.97 Å². The lowest BCUT2D eigenvalue weighted by Crippen LogP contribution is -2.16. The lowest BCUT2D eigenvalue weighted by Gasteiger charge is -2.10. The van der Waals surface area contributed by atoms with Crippen molar-refractivity contribution in [3.8, 4) is 0 Å². The van der Waals surface area contributed by atoms with Crippen molar-refractivity contribution in [3.05, 3.63) is 12.3 Å². The van der Waals surface area contributed by atoms with Gasteiger partial charge in [0, 0.05) is 18.7 Å². The monoisotopic (exact) mass is 281 g/mol. The standard InChI is InChI=1S/C13H19N3O4/c1-9-2-3-10(20-9)4-5-12(17)14-11-6-7-16(15-11)8-13(18)19/h6-7,9-10H,2-5,8H2,1H3,(H,18,19)(H,14,15,17)/t9-,10+/m1/s1. The summed E-state index contributed by atoms with van der Waals surface area (Å²) in [6, 6.07) is 1.58. The molecule has 110 valence electrons. The van der Waals surface area contributed by atoms with E-state index in [1.54, 1.807) is 6.07 Å². The molecule has 2 N–H and O–H groups in total. The summed E-state index contributed by atoms with van der Waals surface area (Å²) in [6.45, 7) is 1.82. The Morgan fingerprint density at radius 2 is 2.35 bits per heavy atom. The Morgan fingerprint density at radius 1 is 1.55 bits per heavy atom. The summed E-state index contributed by atoms with van der Waals surface area (Å²) in [4.78, 5) is 22.3. The van der Waals surface area contributed by atoms with Gasteiger partial charge in [0.2, 0.25) is 5.91 Å². The van der Waals surface area contributed by atoms with Gasteiger partial charge in [0.05, 0.1) is 12.2 Å². The molecular formula is C13H19N3O4. The molecule has 1 aromatic rings. The van der Waals surface area contributed by atoms with E-state index in [-0.39, 0.29) is 24.7 Å². The lowest BCUT2D eigenvalue weighted by molar-refractivity contribution is -0.137. The van der Waals surface area contributed by atoms with Crippen LogP contribution in [-0.4, -0.2) is 39.0 Å². The third-order valence-electron chi connectivity index (χ3n) is 3.22. The summed E-state index contributed by atoms with van der Waals surface area (Å²) in [6.07, 6.45) is 5.10. The van der Waals surface area contributed by atoms with Crippen molar-refractivity contribution in [1.29, 1.82) is 0 Å². The van der Waals surface area contributed by atoms with E-state index in [4.69, 9.17) is 9.84 Å². The number of anilines is 1. The topological polar surface area (TPSA) is 93.5 Å². The number of amides is 1. The van der Waals surface area contributed by atoms with E-state index in [9.17, 15) is 9.59 Å². The first kappa shape index (κ1) is 14.5. The molecule has 1 aliphatic heterocycles. The van der Waals surface area contributed by atoms with E-state index in [0.717, 1.165) is 12.8 Å². The van der Waals surface area contributed by atoms with Gasteiger partial charge in [-0.25, -0.2) is 0 Å². The second-order valence-electron chi connectivity index (χ2n) is 5.03. The number of hydrogen-bond acceptors (Lipinski definition) is 4. The number of hydrogen-bond donors (Lipinski definition) is 2. The van der Waals surface area contributed by atoms with Crippen LogP contribution in [0.4, 0.5) is 5.82 Å². The maximum Gasteiger partial charge on any atom is 0.325 e. The van der Waals surface area contributed by atoms with E-state index in [1.807, 2.05) is 6.92 Å². The van der Waals surface area contributed by atoms with Crippen LogP contribution in [0.15, 0.2) is 12.3 Å². The summed E-state index contributed by atoms with van der Waals surface area (Å²) in [5.74, 6) is -0.732. The van der Waals surface area contributed by atoms with Gasteiger partial charge in [0.15, 0.2) is 5.82 Å². The van der Waals surface area contributed by atoms with Gasteiger partial charge < -0.3 is 15.2 Å². The lowest BCUT2D eigenvalue weighted by atomic mass is 10.1. The average molecular weight is 281 g/mol. The molecule has 20 heavy (non-hydrogen) atoms. The van der Waals surface area contributed by atoms with Crippen molar-refractivity contribution in [2.24, 2.45) is 0 Å². The Balaban J connectivity index is 1.73. The molecule has 2 heterocycles. The zero-order valence-corrected chi connectivity index (χ0v) is 11.4. The van der Waals surface area contributed by atoms with Gasteiger partial charge in [-0.15, -0.1) is 0 Å². The fourth-order valence-corrected chi connectivity index (χ4v) is 2.25. The first-order chi connectivity index (χ1) is 9.52. The minimum absolute atomic E-state index is 0.131. The molecule has 0 bridgehead atoms. The van der Waals surface area contributed by atoms with Gasteiger partial charge in [0.1, 0.15) is 6.54 Å². The summed E-state index contributed by atoms with van der Waals surface area (Å²) < 4.78 is 6.91. The number of carboxylic acids is 1. The van der Waals surface area contributed by atoms with Crippen molar-refractivity contribution in [2.45, 2.75) is 51.4 Å². The Bertz CT molecular complexity index is 486. The zero-order chi connectivity index (χ0) is 14.5. The molecular weight excluding hydrogens is 262 g/mol. The van der Waals surface area contributed by atoms with Crippen LogP contribution >= 0.6 is 0 Å². The second-order valence-corrected chi connectivity index (χ2v) is 5.03. The Kier molecular flexibility index (Phi) is 4.73. The molecule has 7 nitrogen and oxygen atoms in total. The SMILES string of the molecule is C[C@@H]1CC[C@@H](CCC(=O)Nc2ccn(CC(=O)O)n2)O1. The Hall–Kier alpha value is -1.89. The number of carbonyl (C=O) groups is 2.